The minimum absolute atomic E-state index is 0.193. The van der Waals surface area contributed by atoms with Crippen LogP contribution < -0.4 is 20.0 Å². The average Bonchev–Trinajstić information content (AvgIpc) is 3.47. The predicted octanol–water partition coefficient (Wildman–Crippen LogP) is 3.36. The van der Waals surface area contributed by atoms with Gasteiger partial charge in [-0.3, -0.25) is 19.5 Å². The van der Waals surface area contributed by atoms with Crippen LogP contribution in [0.2, 0.25) is 0 Å². The van der Waals surface area contributed by atoms with Gasteiger partial charge in [0.1, 0.15) is 0 Å². The van der Waals surface area contributed by atoms with Crippen LogP contribution in [0.15, 0.2) is 75.3 Å². The summed E-state index contributed by atoms with van der Waals surface area (Å²) in [5, 5.41) is 25.0. The van der Waals surface area contributed by atoms with Gasteiger partial charge in [-0.05, 0) is 52.8 Å². The van der Waals surface area contributed by atoms with E-state index < -0.39 is 16.4 Å². The molecule has 2 aromatic heterocycles. The van der Waals surface area contributed by atoms with Gasteiger partial charge in [-0.1, -0.05) is 53.8 Å². The van der Waals surface area contributed by atoms with Gasteiger partial charge in [0.15, 0.2) is 4.80 Å². The molecule has 6 rings (SSSR count). The second-order valence-corrected chi connectivity index (χ2v) is 10.1. The summed E-state index contributed by atoms with van der Waals surface area (Å²) in [5.74, 6) is -0.660. The fraction of sp³-hybridized carbons (Fsp3) is 0.120. The van der Waals surface area contributed by atoms with Crippen LogP contribution in [-0.2, 0) is 6.42 Å². The largest absolute Gasteiger partial charge is 0.868 e. The summed E-state index contributed by atoms with van der Waals surface area (Å²) in [6.45, 7) is 0. The molecule has 2 aliphatic rings. The van der Waals surface area contributed by atoms with E-state index in [1.807, 2.05) is 29.6 Å². The van der Waals surface area contributed by atoms with Crippen molar-refractivity contribution in [1.29, 1.82) is 0 Å². The van der Waals surface area contributed by atoms with Gasteiger partial charge in [-0.2, -0.15) is 0 Å². The second-order valence-electron chi connectivity index (χ2n) is 8.11. The van der Waals surface area contributed by atoms with Crippen LogP contribution in [0.4, 0.5) is 5.69 Å². The zero-order valence-corrected chi connectivity index (χ0v) is 19.3. The van der Waals surface area contributed by atoms with E-state index in [1.54, 1.807) is 22.0 Å². The molecule has 0 radical (unpaired) electrons. The van der Waals surface area contributed by atoms with Gasteiger partial charge in [-0.25, -0.2) is 4.99 Å². The first-order valence-corrected chi connectivity index (χ1v) is 12.3. The summed E-state index contributed by atoms with van der Waals surface area (Å²) < 4.78 is 2.16. The Bertz CT molecular complexity index is 1680. The molecular weight excluding hydrogens is 470 g/mol. The Labute approximate surface area is 201 Å². The van der Waals surface area contributed by atoms with Gasteiger partial charge in [0.25, 0.3) is 11.2 Å². The number of nitro benzene ring substituents is 1. The monoisotopic (exact) mass is 486 g/mol. The van der Waals surface area contributed by atoms with E-state index in [1.165, 1.54) is 29.0 Å². The van der Waals surface area contributed by atoms with Crippen LogP contribution >= 0.6 is 22.7 Å². The minimum Gasteiger partial charge on any atom is -0.868 e. The molecule has 4 aromatic rings. The zero-order valence-electron chi connectivity index (χ0n) is 17.6. The number of thiophene rings is 1. The molecule has 0 N–H and O–H groups in total. The average molecular weight is 487 g/mol. The molecule has 0 unspecified atom stereocenters. The summed E-state index contributed by atoms with van der Waals surface area (Å²) in [6.07, 6.45) is 3.31. The number of hydrogen-bond acceptors (Lipinski definition) is 7. The Balaban J connectivity index is 1.59. The molecule has 0 amide bonds. The number of benzene rings is 2. The predicted molar refractivity (Wildman–Crippen MR) is 130 cm³/mol. The third-order valence-electron chi connectivity index (χ3n) is 6.16. The standard InChI is InChI=1S/C25H17N3O4S2/c29-19-10-7-14(12-18(19)28(31)32)13-21-24(30)27-23(20-6-3-11-33-20)17-9-8-15-4-1-2-5-16(15)22(17)26-25(27)34-21/h1-7,10-13,23,29H,8-9H2/p-1/b21-13+/t23-/m0/s1. The third kappa shape index (κ3) is 3.24. The molecule has 34 heavy (non-hydrogen) atoms. The number of thiazole rings is 1. The fourth-order valence-electron chi connectivity index (χ4n) is 4.64. The maximum Gasteiger partial charge on any atom is 0.271 e. The highest BCUT2D eigenvalue weighted by molar-refractivity contribution is 7.10. The van der Waals surface area contributed by atoms with Crippen molar-refractivity contribution in [2.45, 2.75) is 18.9 Å². The molecular formula is C25H16N3O4S2-. The lowest BCUT2D eigenvalue weighted by atomic mass is 9.85. The van der Waals surface area contributed by atoms with Crippen molar-refractivity contribution in [3.05, 3.63) is 117 Å². The Morgan fingerprint density at radius 3 is 2.76 bits per heavy atom. The van der Waals surface area contributed by atoms with Crippen LogP contribution in [0.3, 0.4) is 0 Å². The molecule has 3 heterocycles. The number of aryl methyl sites for hydroxylation is 1. The second kappa shape index (κ2) is 7.89. The van der Waals surface area contributed by atoms with Crippen molar-refractivity contribution in [3.63, 3.8) is 0 Å². The van der Waals surface area contributed by atoms with Gasteiger partial charge in [0, 0.05) is 16.5 Å². The summed E-state index contributed by atoms with van der Waals surface area (Å²) in [4.78, 5) is 30.7. The topological polar surface area (TPSA) is 101 Å². The van der Waals surface area contributed by atoms with Crippen LogP contribution in [0.5, 0.6) is 5.75 Å². The van der Waals surface area contributed by atoms with E-state index in [9.17, 15) is 20.0 Å². The van der Waals surface area contributed by atoms with Crippen LogP contribution in [0.25, 0.3) is 11.8 Å². The number of fused-ring (bicyclic) bond motifs is 3. The smallest absolute Gasteiger partial charge is 0.271 e. The van der Waals surface area contributed by atoms with E-state index in [4.69, 9.17) is 4.99 Å². The van der Waals surface area contributed by atoms with Crippen molar-refractivity contribution in [3.8, 4) is 5.75 Å². The van der Waals surface area contributed by atoms with E-state index >= 15 is 0 Å². The molecule has 1 aliphatic heterocycles. The number of rotatable bonds is 3. The lowest BCUT2D eigenvalue weighted by Gasteiger charge is -2.30. The number of nitro groups is 1. The van der Waals surface area contributed by atoms with Crippen molar-refractivity contribution >= 4 is 40.1 Å². The number of hydrogen-bond donors (Lipinski definition) is 0. The molecule has 168 valence electrons. The number of allylic oxidation sites excluding steroid dienone is 1. The lowest BCUT2D eigenvalue weighted by Crippen LogP contribution is -2.38. The summed E-state index contributed by atoms with van der Waals surface area (Å²) in [7, 11) is 0. The molecule has 0 spiro atoms. The first-order valence-electron chi connectivity index (χ1n) is 10.6. The minimum atomic E-state index is -0.705. The van der Waals surface area contributed by atoms with Crippen LogP contribution in [-0.4, -0.2) is 9.49 Å². The van der Waals surface area contributed by atoms with Gasteiger partial charge in [-0.15, -0.1) is 11.3 Å². The molecule has 1 atom stereocenters. The highest BCUT2D eigenvalue weighted by Gasteiger charge is 2.33. The Kier molecular flexibility index (Phi) is 4.82. The maximum absolute atomic E-state index is 13.6. The SMILES string of the molecule is O=c1/c(=C\c2ccc([O-])c([N+](=O)[O-])c2)sc2n1[C@H](c1cccs1)C1=C(N=2)c2ccccc2CC1. The first kappa shape index (κ1) is 20.8. The van der Waals surface area contributed by atoms with Gasteiger partial charge >= 0.3 is 0 Å². The molecule has 0 bridgehead atoms. The first-order chi connectivity index (χ1) is 16.5. The lowest BCUT2D eigenvalue weighted by molar-refractivity contribution is -0.398. The van der Waals surface area contributed by atoms with E-state index in [-0.39, 0.29) is 11.6 Å². The van der Waals surface area contributed by atoms with Crippen molar-refractivity contribution in [2.24, 2.45) is 4.99 Å². The Hall–Kier alpha value is -3.82. The molecule has 7 nitrogen and oxygen atoms in total. The number of aromatic nitrogens is 1. The molecule has 9 heteroatoms. The normalized spacial score (nSPS) is 17.1. The van der Waals surface area contributed by atoms with Crippen LogP contribution in [0, 0.1) is 10.1 Å². The van der Waals surface area contributed by atoms with Crippen LogP contribution in [0.1, 0.15) is 34.0 Å². The van der Waals surface area contributed by atoms with E-state index in [0.29, 0.717) is 14.9 Å². The summed E-state index contributed by atoms with van der Waals surface area (Å²) in [6, 6.07) is 15.9. The Morgan fingerprint density at radius 1 is 1.12 bits per heavy atom. The maximum atomic E-state index is 13.6. The van der Waals surface area contributed by atoms with Crippen molar-refractivity contribution in [1.82, 2.24) is 4.57 Å². The zero-order chi connectivity index (χ0) is 23.4. The summed E-state index contributed by atoms with van der Waals surface area (Å²) in [5.41, 5.74) is 4.14. The molecule has 2 aromatic carbocycles. The van der Waals surface area contributed by atoms with Gasteiger partial charge < -0.3 is 5.11 Å². The Morgan fingerprint density at radius 2 is 1.97 bits per heavy atom. The molecule has 1 aliphatic carbocycles. The van der Waals surface area contributed by atoms with E-state index in [0.717, 1.165) is 40.6 Å². The third-order valence-corrected chi connectivity index (χ3v) is 8.07. The number of nitrogens with zero attached hydrogens (tertiary/aromatic N) is 3. The fourth-order valence-corrected chi connectivity index (χ4v) is 6.49. The highest BCUT2D eigenvalue weighted by Crippen LogP contribution is 2.42. The molecule has 0 saturated carbocycles. The van der Waals surface area contributed by atoms with Gasteiger partial charge in [0.05, 0.1) is 21.2 Å². The molecule has 0 saturated heterocycles. The molecule has 0 fully saturated rings. The van der Waals surface area contributed by atoms with Crippen molar-refractivity contribution in [2.75, 3.05) is 0 Å². The summed E-state index contributed by atoms with van der Waals surface area (Å²) >= 11 is 2.87. The van der Waals surface area contributed by atoms with E-state index in [2.05, 4.69) is 12.1 Å². The quantitative estimate of drug-likeness (QED) is 0.327. The van der Waals surface area contributed by atoms with Gasteiger partial charge in [0.2, 0.25) is 0 Å². The highest BCUT2D eigenvalue weighted by atomic mass is 32.1. The van der Waals surface area contributed by atoms with Crippen molar-refractivity contribution < 1.29 is 10.0 Å².